The van der Waals surface area contributed by atoms with Crippen molar-refractivity contribution in [3.63, 3.8) is 0 Å². The fourth-order valence-corrected chi connectivity index (χ4v) is 2.24. The van der Waals surface area contributed by atoms with Crippen LogP contribution < -0.4 is 5.32 Å². The van der Waals surface area contributed by atoms with Crippen molar-refractivity contribution in [2.75, 3.05) is 26.2 Å². The summed E-state index contributed by atoms with van der Waals surface area (Å²) in [6, 6.07) is 0. The average molecular weight is 311 g/mol. The molecule has 0 aromatic carbocycles. The van der Waals surface area contributed by atoms with Gasteiger partial charge in [0.05, 0.1) is 6.42 Å². The number of amides is 3. The summed E-state index contributed by atoms with van der Waals surface area (Å²) in [6.07, 6.45) is -0.277. The molecule has 1 heterocycles. The van der Waals surface area contributed by atoms with Crippen LogP contribution in [0.2, 0.25) is 0 Å². The Bertz CT molecular complexity index is 460. The summed E-state index contributed by atoms with van der Waals surface area (Å²) >= 11 is 0. The summed E-state index contributed by atoms with van der Waals surface area (Å²) in [4.78, 5) is 49.7. The molecule has 3 amide bonds. The Labute approximate surface area is 131 Å². The summed E-state index contributed by atoms with van der Waals surface area (Å²) < 4.78 is 0. The number of rotatable bonds is 4. The van der Waals surface area contributed by atoms with Crippen molar-refractivity contribution < 1.29 is 19.2 Å². The second kappa shape index (κ2) is 7.38. The molecule has 0 atom stereocenters. The Morgan fingerprint density at radius 3 is 1.64 bits per heavy atom. The molecular weight excluding hydrogens is 286 g/mol. The molecule has 0 unspecified atom stereocenters. The molecular formula is C15H25N3O4. The number of hydrogen-bond acceptors (Lipinski definition) is 4. The number of Topliss-reactive ketones (excluding diaryl/α,β-unsaturated/α-hetero) is 1. The molecule has 0 aromatic rings. The second-order valence-electron chi connectivity index (χ2n) is 6.62. The maximum atomic E-state index is 12.1. The largest absolute Gasteiger partial charge is 0.351 e. The Kier molecular flexibility index (Phi) is 6.08. The number of carbonyl (C=O) groups is 4. The number of nitrogens with zero attached hydrogens (tertiary/aromatic N) is 2. The molecule has 7 nitrogen and oxygen atoms in total. The van der Waals surface area contributed by atoms with Gasteiger partial charge in [-0.1, -0.05) is 0 Å². The first-order valence-electron chi connectivity index (χ1n) is 7.44. The third-order valence-corrected chi connectivity index (χ3v) is 3.21. The maximum Gasteiger partial charge on any atom is 0.232 e. The molecule has 124 valence electrons. The molecule has 22 heavy (non-hydrogen) atoms. The lowest BCUT2D eigenvalue weighted by Crippen LogP contribution is -2.52. The van der Waals surface area contributed by atoms with Gasteiger partial charge in [-0.2, -0.15) is 0 Å². The van der Waals surface area contributed by atoms with E-state index in [0.29, 0.717) is 26.2 Å². The third-order valence-electron chi connectivity index (χ3n) is 3.21. The van der Waals surface area contributed by atoms with Crippen LogP contribution in [0.15, 0.2) is 0 Å². The highest BCUT2D eigenvalue weighted by atomic mass is 16.2. The minimum atomic E-state index is -0.366. The molecule has 0 aromatic heterocycles. The highest BCUT2D eigenvalue weighted by Gasteiger charge is 2.26. The summed E-state index contributed by atoms with van der Waals surface area (Å²) in [6.45, 7) is 8.54. The van der Waals surface area contributed by atoms with E-state index in [9.17, 15) is 19.2 Å². The minimum absolute atomic E-state index is 0.0953. The molecule has 0 spiro atoms. The second-order valence-corrected chi connectivity index (χ2v) is 6.62. The normalized spacial score (nSPS) is 15.5. The molecule has 1 N–H and O–H groups in total. The highest BCUT2D eigenvalue weighted by molar-refractivity contribution is 5.98. The van der Waals surface area contributed by atoms with Gasteiger partial charge in [-0.25, -0.2) is 0 Å². The monoisotopic (exact) mass is 311 g/mol. The lowest BCUT2D eigenvalue weighted by Gasteiger charge is -2.34. The van der Waals surface area contributed by atoms with Crippen LogP contribution in [0.4, 0.5) is 0 Å². The maximum absolute atomic E-state index is 12.1. The highest BCUT2D eigenvalue weighted by Crippen LogP contribution is 2.07. The number of ketones is 1. The van der Waals surface area contributed by atoms with Gasteiger partial charge in [0.25, 0.3) is 0 Å². The van der Waals surface area contributed by atoms with Gasteiger partial charge in [0.15, 0.2) is 0 Å². The van der Waals surface area contributed by atoms with E-state index in [-0.39, 0.29) is 41.9 Å². The van der Waals surface area contributed by atoms with Gasteiger partial charge in [-0.15, -0.1) is 0 Å². The lowest BCUT2D eigenvalue weighted by atomic mass is 10.1. The van der Waals surface area contributed by atoms with Crippen molar-refractivity contribution in [1.82, 2.24) is 15.1 Å². The van der Waals surface area contributed by atoms with Crippen molar-refractivity contribution in [3.8, 4) is 0 Å². The Morgan fingerprint density at radius 1 is 0.864 bits per heavy atom. The minimum Gasteiger partial charge on any atom is -0.351 e. The van der Waals surface area contributed by atoms with Crippen LogP contribution in [0, 0.1) is 0 Å². The van der Waals surface area contributed by atoms with Gasteiger partial charge in [0.1, 0.15) is 12.2 Å². The zero-order valence-corrected chi connectivity index (χ0v) is 13.8. The molecule has 1 aliphatic rings. The van der Waals surface area contributed by atoms with Crippen LogP contribution in [0.3, 0.4) is 0 Å². The molecule has 0 aliphatic carbocycles. The fraction of sp³-hybridized carbons (Fsp3) is 0.733. The Balaban J connectivity index is 2.41. The quantitative estimate of drug-likeness (QED) is 0.737. The van der Waals surface area contributed by atoms with Crippen LogP contribution >= 0.6 is 0 Å². The van der Waals surface area contributed by atoms with Crippen LogP contribution in [0.25, 0.3) is 0 Å². The van der Waals surface area contributed by atoms with Gasteiger partial charge in [0, 0.05) is 31.7 Å². The number of piperazine rings is 1. The van der Waals surface area contributed by atoms with E-state index >= 15 is 0 Å². The first-order chi connectivity index (χ1) is 10.1. The van der Waals surface area contributed by atoms with Crippen molar-refractivity contribution in [1.29, 1.82) is 0 Å². The van der Waals surface area contributed by atoms with E-state index in [1.807, 2.05) is 20.8 Å². The van der Waals surface area contributed by atoms with Gasteiger partial charge >= 0.3 is 0 Å². The fourth-order valence-electron chi connectivity index (χ4n) is 2.24. The number of carbonyl (C=O) groups excluding carboxylic acids is 4. The third kappa shape index (κ3) is 6.24. The van der Waals surface area contributed by atoms with Gasteiger partial charge in [0.2, 0.25) is 17.7 Å². The van der Waals surface area contributed by atoms with Crippen LogP contribution in [0.5, 0.6) is 0 Å². The Morgan fingerprint density at radius 2 is 1.27 bits per heavy atom. The summed E-state index contributed by atoms with van der Waals surface area (Å²) in [5.74, 6) is -0.902. The zero-order valence-electron chi connectivity index (χ0n) is 13.8. The first kappa shape index (κ1) is 18.1. The Hall–Kier alpha value is -1.92. The smallest absolute Gasteiger partial charge is 0.232 e. The average Bonchev–Trinajstić information content (AvgIpc) is 2.35. The van der Waals surface area contributed by atoms with Crippen molar-refractivity contribution in [2.45, 2.75) is 46.1 Å². The van der Waals surface area contributed by atoms with E-state index in [1.165, 1.54) is 6.92 Å². The van der Waals surface area contributed by atoms with E-state index in [4.69, 9.17) is 0 Å². The summed E-state index contributed by atoms with van der Waals surface area (Å²) in [7, 11) is 0. The molecule has 1 aliphatic heterocycles. The van der Waals surface area contributed by atoms with Gasteiger partial charge < -0.3 is 15.1 Å². The lowest BCUT2D eigenvalue weighted by molar-refractivity contribution is -0.143. The van der Waals surface area contributed by atoms with E-state index in [0.717, 1.165) is 0 Å². The van der Waals surface area contributed by atoms with Crippen LogP contribution in [-0.4, -0.2) is 65.0 Å². The van der Waals surface area contributed by atoms with Crippen molar-refractivity contribution in [3.05, 3.63) is 0 Å². The van der Waals surface area contributed by atoms with E-state index in [1.54, 1.807) is 9.80 Å². The molecule has 0 radical (unpaired) electrons. The molecule has 1 saturated heterocycles. The predicted octanol–water partition coefficient (Wildman–Crippen LogP) is -0.0589. The SMILES string of the molecule is CC(=O)CC(=O)N1CCN(C(=O)CC(=O)NC(C)(C)C)CC1. The zero-order chi connectivity index (χ0) is 16.9. The topological polar surface area (TPSA) is 86.8 Å². The van der Waals surface area contributed by atoms with Crippen molar-refractivity contribution in [2.24, 2.45) is 0 Å². The standard InChI is InChI=1S/C15H25N3O4/c1-11(19)9-13(21)17-5-7-18(8-6-17)14(22)10-12(20)16-15(2,3)4/h5-10H2,1-4H3,(H,16,20). The molecule has 0 saturated carbocycles. The molecule has 7 heteroatoms. The van der Waals surface area contributed by atoms with Crippen LogP contribution in [0.1, 0.15) is 40.5 Å². The molecule has 1 rings (SSSR count). The van der Waals surface area contributed by atoms with Gasteiger partial charge in [-0.3, -0.25) is 19.2 Å². The number of nitrogens with one attached hydrogen (secondary N) is 1. The predicted molar refractivity (Wildman–Crippen MR) is 81.0 cm³/mol. The van der Waals surface area contributed by atoms with Gasteiger partial charge in [-0.05, 0) is 27.7 Å². The summed E-state index contributed by atoms with van der Waals surface area (Å²) in [5.41, 5.74) is -0.366. The summed E-state index contributed by atoms with van der Waals surface area (Å²) in [5, 5.41) is 2.75. The van der Waals surface area contributed by atoms with Crippen molar-refractivity contribution >= 4 is 23.5 Å². The molecule has 0 bridgehead atoms. The number of hydrogen-bond donors (Lipinski definition) is 1. The van der Waals surface area contributed by atoms with E-state index < -0.39 is 0 Å². The van der Waals surface area contributed by atoms with Crippen LogP contribution in [-0.2, 0) is 19.2 Å². The molecule has 1 fully saturated rings. The van der Waals surface area contributed by atoms with E-state index in [2.05, 4.69) is 5.32 Å². The first-order valence-corrected chi connectivity index (χ1v) is 7.44.